The van der Waals surface area contributed by atoms with Gasteiger partial charge in [-0.3, -0.25) is 0 Å². The van der Waals surface area contributed by atoms with Crippen LogP contribution in [0, 0.1) is 4.43 Å². The van der Waals surface area contributed by atoms with E-state index in [1.807, 2.05) is 4.43 Å². The Morgan fingerprint density at radius 3 is 1.50 bits per heavy atom. The number of hydrogen-bond acceptors (Lipinski definition) is 0. The minimum atomic E-state index is -0.159. The molecule has 0 bridgehead atoms. The number of hydrogen-bond donors (Lipinski definition) is 0. The summed E-state index contributed by atoms with van der Waals surface area (Å²) >= 11 is 11.9. The SMILES string of the molecule is BrC(Br)(Br)[CH]I. The average molecular weight is 392 g/mol. The van der Waals surface area contributed by atoms with Gasteiger partial charge in [0.25, 0.3) is 0 Å². The van der Waals surface area contributed by atoms with Crippen molar-refractivity contribution >= 4 is 70.4 Å². The van der Waals surface area contributed by atoms with Crippen LogP contribution in [0.2, 0.25) is 0 Å². The molecule has 0 aromatic carbocycles. The third-order valence-corrected chi connectivity index (χ3v) is 4.31. The fourth-order valence-corrected chi connectivity index (χ4v) is 0. The summed E-state index contributed by atoms with van der Waals surface area (Å²) < 4.78 is 1.75. The third-order valence-electron chi connectivity index (χ3n) is 0.124. The van der Waals surface area contributed by atoms with Crippen LogP contribution in [-0.2, 0) is 0 Å². The van der Waals surface area contributed by atoms with Gasteiger partial charge < -0.3 is 0 Å². The molecular weight excluding hydrogens is 391 g/mol. The Morgan fingerprint density at radius 1 is 1.33 bits per heavy atom. The van der Waals surface area contributed by atoms with Gasteiger partial charge in [-0.25, -0.2) is 0 Å². The fourth-order valence-electron chi connectivity index (χ4n) is 0. The molecular formula is C2HBr3I. The molecule has 0 aromatic rings. The van der Waals surface area contributed by atoms with Crippen LogP contribution in [0.25, 0.3) is 0 Å². The van der Waals surface area contributed by atoms with Gasteiger partial charge in [0.15, 0.2) is 0 Å². The Bertz CT molecular complexity index is 38.5. The maximum absolute atomic E-state index is 3.25. The minimum absolute atomic E-state index is 0.159. The highest BCUT2D eigenvalue weighted by Crippen LogP contribution is 2.38. The molecule has 0 saturated carbocycles. The quantitative estimate of drug-likeness (QED) is 0.438. The highest BCUT2D eigenvalue weighted by atomic mass is 127. The van der Waals surface area contributed by atoms with Crippen molar-refractivity contribution < 1.29 is 0 Å². The molecule has 0 aliphatic rings. The maximum Gasteiger partial charge on any atom is 0.147 e. The number of rotatable bonds is 0. The largest absolute Gasteiger partial charge is 0.147 e. The Hall–Kier alpha value is 2.17. The number of halogens is 4. The van der Waals surface area contributed by atoms with Crippen molar-refractivity contribution in [2.75, 3.05) is 0 Å². The standard InChI is InChI=1S/C2HBr3I/c3-2(4,5)1-6/h1H. The van der Waals surface area contributed by atoms with Crippen LogP contribution in [-0.4, -0.2) is 2.14 Å². The summed E-state index contributed by atoms with van der Waals surface area (Å²) in [5.41, 5.74) is 0. The topological polar surface area (TPSA) is 0 Å². The zero-order chi connectivity index (χ0) is 5.21. The molecule has 0 aliphatic heterocycles. The monoisotopic (exact) mass is 389 g/mol. The van der Waals surface area contributed by atoms with Crippen LogP contribution in [0.15, 0.2) is 0 Å². The van der Waals surface area contributed by atoms with E-state index in [1.54, 1.807) is 0 Å². The van der Waals surface area contributed by atoms with Crippen LogP contribution >= 0.6 is 70.4 Å². The van der Waals surface area contributed by atoms with Gasteiger partial charge in [0.05, 0.1) is 4.43 Å². The summed E-state index contributed by atoms with van der Waals surface area (Å²) in [6.45, 7) is 0. The fraction of sp³-hybridized carbons (Fsp3) is 0.500. The van der Waals surface area contributed by atoms with Gasteiger partial charge in [0.1, 0.15) is 2.14 Å². The molecule has 6 heavy (non-hydrogen) atoms. The summed E-state index contributed by atoms with van der Waals surface area (Å²) in [5, 5.41) is 0. The lowest BCUT2D eigenvalue weighted by Gasteiger charge is -2.02. The van der Waals surface area contributed by atoms with E-state index < -0.39 is 0 Å². The molecule has 0 unspecified atom stereocenters. The summed E-state index contributed by atoms with van der Waals surface area (Å²) in [4.78, 5) is 0. The summed E-state index contributed by atoms with van der Waals surface area (Å²) in [7, 11) is 0. The van der Waals surface area contributed by atoms with Crippen LogP contribution in [0.3, 0.4) is 0 Å². The van der Waals surface area contributed by atoms with Gasteiger partial charge in [0, 0.05) is 0 Å². The Kier molecular flexibility index (Phi) is 4.42. The molecule has 0 amide bonds. The summed E-state index contributed by atoms with van der Waals surface area (Å²) in [6.07, 6.45) is 0. The maximum atomic E-state index is 3.25. The first-order valence-corrected chi connectivity index (χ1v) is 4.70. The molecule has 0 nitrogen and oxygen atoms in total. The van der Waals surface area contributed by atoms with Crippen molar-refractivity contribution in [3.8, 4) is 0 Å². The molecule has 0 atom stereocenters. The normalized spacial score (nSPS) is 12.0. The predicted octanol–water partition coefficient (Wildman–Crippen LogP) is 3.42. The Labute approximate surface area is 76.0 Å². The van der Waals surface area contributed by atoms with E-state index in [9.17, 15) is 0 Å². The van der Waals surface area contributed by atoms with E-state index in [0.29, 0.717) is 0 Å². The van der Waals surface area contributed by atoms with E-state index in [4.69, 9.17) is 0 Å². The second-order valence-electron chi connectivity index (χ2n) is 0.651. The molecule has 0 fully saturated rings. The highest BCUT2D eigenvalue weighted by Gasteiger charge is 2.14. The van der Waals surface area contributed by atoms with Crippen molar-refractivity contribution in [3.05, 3.63) is 4.43 Å². The molecule has 0 spiro atoms. The Morgan fingerprint density at radius 2 is 1.50 bits per heavy atom. The van der Waals surface area contributed by atoms with Crippen molar-refractivity contribution in [3.63, 3.8) is 0 Å². The third kappa shape index (κ3) is 6.17. The number of alkyl halides is 3. The van der Waals surface area contributed by atoms with Crippen molar-refractivity contribution in [2.24, 2.45) is 0 Å². The second-order valence-corrected chi connectivity index (χ2v) is 8.22. The van der Waals surface area contributed by atoms with E-state index in [0.717, 1.165) is 0 Å². The van der Waals surface area contributed by atoms with Crippen LogP contribution in [0.1, 0.15) is 0 Å². The first-order valence-electron chi connectivity index (χ1n) is 1.07. The zero-order valence-electron chi connectivity index (χ0n) is 2.59. The van der Waals surface area contributed by atoms with Gasteiger partial charge in [0.2, 0.25) is 0 Å². The molecule has 1 radical (unpaired) electrons. The molecule has 0 N–H and O–H groups in total. The van der Waals surface area contributed by atoms with Gasteiger partial charge in [-0.2, -0.15) is 0 Å². The van der Waals surface area contributed by atoms with Crippen LogP contribution < -0.4 is 0 Å². The Balaban J connectivity index is 3.17. The van der Waals surface area contributed by atoms with E-state index in [2.05, 4.69) is 70.4 Å². The molecule has 37 valence electrons. The average Bonchev–Trinajstić information content (AvgIpc) is 1.35. The van der Waals surface area contributed by atoms with E-state index >= 15 is 0 Å². The second kappa shape index (κ2) is 3.25. The summed E-state index contributed by atoms with van der Waals surface area (Å²) in [6, 6.07) is 0. The molecule has 0 rings (SSSR count). The molecule has 0 aromatic heterocycles. The van der Waals surface area contributed by atoms with Crippen molar-refractivity contribution in [2.45, 2.75) is 2.14 Å². The first-order chi connectivity index (χ1) is 2.56. The molecule has 4 heteroatoms. The lowest BCUT2D eigenvalue weighted by molar-refractivity contribution is 1.66. The smallest absolute Gasteiger partial charge is 0.0779 e. The minimum Gasteiger partial charge on any atom is -0.0779 e. The molecule has 0 aliphatic carbocycles. The zero-order valence-corrected chi connectivity index (χ0v) is 9.50. The lowest BCUT2D eigenvalue weighted by Crippen LogP contribution is -1.91. The lowest BCUT2D eigenvalue weighted by atomic mass is 11.0. The van der Waals surface area contributed by atoms with Crippen LogP contribution in [0.4, 0.5) is 0 Å². The first kappa shape index (κ1) is 8.17. The van der Waals surface area contributed by atoms with Crippen molar-refractivity contribution in [1.82, 2.24) is 0 Å². The van der Waals surface area contributed by atoms with Gasteiger partial charge >= 0.3 is 0 Å². The predicted molar refractivity (Wildman–Crippen MR) is 47.8 cm³/mol. The molecule has 0 saturated heterocycles. The van der Waals surface area contributed by atoms with E-state index in [-0.39, 0.29) is 2.14 Å². The van der Waals surface area contributed by atoms with Gasteiger partial charge in [-0.1, -0.05) is 70.4 Å². The van der Waals surface area contributed by atoms with Gasteiger partial charge in [-0.05, 0) is 0 Å². The molecule has 0 heterocycles. The van der Waals surface area contributed by atoms with Crippen molar-refractivity contribution in [1.29, 1.82) is 0 Å². The highest BCUT2D eigenvalue weighted by molar-refractivity contribution is 14.1. The summed E-state index contributed by atoms with van der Waals surface area (Å²) in [5.74, 6) is 0. The van der Waals surface area contributed by atoms with Gasteiger partial charge in [-0.15, -0.1) is 0 Å². The van der Waals surface area contributed by atoms with E-state index in [1.165, 1.54) is 0 Å². The van der Waals surface area contributed by atoms with Crippen LogP contribution in [0.5, 0.6) is 0 Å².